The molecule has 22 heavy (non-hydrogen) atoms. The number of hydrogen-bond acceptors (Lipinski definition) is 4. The second-order valence-corrected chi connectivity index (χ2v) is 7.76. The van der Waals surface area contributed by atoms with Gasteiger partial charge in [-0.15, -0.1) is 0 Å². The van der Waals surface area contributed by atoms with Gasteiger partial charge in [0.05, 0.1) is 4.92 Å². The first-order chi connectivity index (χ1) is 10.1. The maximum Gasteiger partial charge on any atom is 0.272 e. The first kappa shape index (κ1) is 16.9. The summed E-state index contributed by atoms with van der Waals surface area (Å²) < 4.78 is 0. The van der Waals surface area contributed by atoms with Gasteiger partial charge in [0.1, 0.15) is 0 Å². The summed E-state index contributed by atoms with van der Waals surface area (Å²) in [6.07, 6.45) is 2.09. The molecule has 0 atom stereocenters. The molecule has 0 aliphatic carbocycles. The Morgan fingerprint density at radius 3 is 2.41 bits per heavy atom. The highest BCUT2D eigenvalue weighted by Gasteiger charge is 2.37. The molecule has 2 rings (SSSR count). The summed E-state index contributed by atoms with van der Waals surface area (Å²) in [5.74, 6) is 0. The molecule has 1 heterocycles. The van der Waals surface area contributed by atoms with E-state index in [0.29, 0.717) is 18.2 Å². The highest BCUT2D eigenvalue weighted by molar-refractivity contribution is 5.42. The van der Waals surface area contributed by atoms with Crippen LogP contribution in [0.5, 0.6) is 0 Å². The predicted octanol–water partition coefficient (Wildman–Crippen LogP) is 3.30. The van der Waals surface area contributed by atoms with Gasteiger partial charge in [0.25, 0.3) is 5.69 Å². The van der Waals surface area contributed by atoms with Crippen molar-refractivity contribution in [1.82, 2.24) is 10.6 Å². The quantitative estimate of drug-likeness (QED) is 0.661. The lowest BCUT2D eigenvalue weighted by atomic mass is 9.79. The zero-order chi connectivity index (χ0) is 16.5. The van der Waals surface area contributed by atoms with Crippen LogP contribution in [0.15, 0.2) is 18.2 Å². The Bertz CT molecular complexity index is 551. The van der Waals surface area contributed by atoms with Gasteiger partial charge in [-0.25, -0.2) is 0 Å². The van der Waals surface area contributed by atoms with Gasteiger partial charge in [0, 0.05) is 35.3 Å². The molecular formula is C17H27N3O2. The molecule has 5 nitrogen and oxygen atoms in total. The summed E-state index contributed by atoms with van der Waals surface area (Å²) in [5, 5.41) is 18.3. The van der Waals surface area contributed by atoms with Crippen molar-refractivity contribution in [3.63, 3.8) is 0 Å². The van der Waals surface area contributed by atoms with E-state index in [0.717, 1.165) is 18.4 Å². The Morgan fingerprint density at radius 1 is 1.27 bits per heavy atom. The molecule has 122 valence electrons. The van der Waals surface area contributed by atoms with E-state index in [1.807, 2.05) is 12.1 Å². The number of nitrogens with one attached hydrogen (secondary N) is 2. The van der Waals surface area contributed by atoms with Crippen LogP contribution in [0.1, 0.15) is 51.7 Å². The first-order valence-electron chi connectivity index (χ1n) is 7.85. The fraction of sp³-hybridized carbons (Fsp3) is 0.647. The Kier molecular flexibility index (Phi) is 4.59. The second-order valence-electron chi connectivity index (χ2n) is 7.76. The van der Waals surface area contributed by atoms with Gasteiger partial charge in [-0.1, -0.05) is 12.1 Å². The maximum absolute atomic E-state index is 11.0. The van der Waals surface area contributed by atoms with E-state index in [-0.39, 0.29) is 21.7 Å². The third-order valence-corrected chi connectivity index (χ3v) is 4.26. The smallest absolute Gasteiger partial charge is 0.272 e. The molecule has 0 unspecified atom stereocenters. The molecule has 1 fully saturated rings. The van der Waals surface area contributed by atoms with Crippen LogP contribution in [0.4, 0.5) is 5.69 Å². The van der Waals surface area contributed by atoms with Gasteiger partial charge in [-0.3, -0.25) is 10.1 Å². The number of nitrogens with zero attached hydrogens (tertiary/aromatic N) is 1. The Hall–Kier alpha value is -1.46. The highest BCUT2D eigenvalue weighted by Crippen LogP contribution is 2.29. The Labute approximate surface area is 132 Å². The minimum Gasteiger partial charge on any atom is -0.310 e. The van der Waals surface area contributed by atoms with E-state index >= 15 is 0 Å². The first-order valence-corrected chi connectivity index (χ1v) is 7.85. The van der Waals surface area contributed by atoms with Crippen molar-refractivity contribution in [3.05, 3.63) is 39.4 Å². The number of aryl methyl sites for hydroxylation is 1. The molecule has 2 N–H and O–H groups in total. The number of benzene rings is 1. The second kappa shape index (κ2) is 5.97. The third-order valence-electron chi connectivity index (χ3n) is 4.26. The van der Waals surface area contributed by atoms with E-state index in [1.165, 1.54) is 0 Å². The van der Waals surface area contributed by atoms with Crippen molar-refractivity contribution in [2.45, 2.75) is 71.1 Å². The molecule has 1 aromatic rings. The molecule has 1 aliphatic heterocycles. The number of piperidine rings is 1. The lowest BCUT2D eigenvalue weighted by Crippen LogP contribution is -2.61. The van der Waals surface area contributed by atoms with Gasteiger partial charge in [-0.2, -0.15) is 0 Å². The monoisotopic (exact) mass is 305 g/mol. The van der Waals surface area contributed by atoms with Crippen LogP contribution < -0.4 is 10.6 Å². The van der Waals surface area contributed by atoms with E-state index in [4.69, 9.17) is 0 Å². The maximum atomic E-state index is 11.0. The molecule has 0 aromatic heterocycles. The molecule has 0 amide bonds. The van der Waals surface area contributed by atoms with Crippen LogP contribution in [0, 0.1) is 17.0 Å². The third kappa shape index (κ3) is 4.27. The summed E-state index contributed by atoms with van der Waals surface area (Å²) in [4.78, 5) is 10.7. The minimum absolute atomic E-state index is 0.0959. The lowest BCUT2D eigenvalue weighted by molar-refractivity contribution is -0.385. The van der Waals surface area contributed by atoms with E-state index in [2.05, 4.69) is 38.3 Å². The van der Waals surface area contributed by atoms with Crippen LogP contribution >= 0.6 is 0 Å². The average molecular weight is 305 g/mol. The fourth-order valence-electron chi connectivity index (χ4n) is 3.69. The van der Waals surface area contributed by atoms with Gasteiger partial charge >= 0.3 is 0 Å². The number of nitro groups is 1. The van der Waals surface area contributed by atoms with Gasteiger partial charge in [0.15, 0.2) is 0 Å². The molecule has 0 bridgehead atoms. The van der Waals surface area contributed by atoms with Gasteiger partial charge in [-0.05, 0) is 53.0 Å². The van der Waals surface area contributed by atoms with Crippen LogP contribution in [-0.2, 0) is 6.54 Å². The number of rotatable bonds is 4. The summed E-state index contributed by atoms with van der Waals surface area (Å²) in [6.45, 7) is 11.3. The van der Waals surface area contributed by atoms with Crippen molar-refractivity contribution < 1.29 is 4.92 Å². The van der Waals surface area contributed by atoms with Crippen LogP contribution in [0.25, 0.3) is 0 Å². The normalized spacial score (nSPS) is 20.8. The highest BCUT2D eigenvalue weighted by atomic mass is 16.6. The summed E-state index contributed by atoms with van der Waals surface area (Å²) >= 11 is 0. The van der Waals surface area contributed by atoms with Crippen LogP contribution in [0.3, 0.4) is 0 Å². The van der Waals surface area contributed by atoms with Crippen molar-refractivity contribution in [2.75, 3.05) is 0 Å². The zero-order valence-electron chi connectivity index (χ0n) is 14.2. The Morgan fingerprint density at radius 2 is 1.86 bits per heavy atom. The molecule has 1 aromatic carbocycles. The molecule has 1 saturated heterocycles. The summed E-state index contributed by atoms with van der Waals surface area (Å²) in [7, 11) is 0. The van der Waals surface area contributed by atoms with E-state index in [1.54, 1.807) is 13.0 Å². The molecular weight excluding hydrogens is 278 g/mol. The Balaban J connectivity index is 2.04. The minimum atomic E-state index is -0.310. The molecule has 0 saturated carbocycles. The average Bonchev–Trinajstić information content (AvgIpc) is 2.33. The molecule has 5 heteroatoms. The van der Waals surface area contributed by atoms with Crippen molar-refractivity contribution in [2.24, 2.45) is 0 Å². The summed E-state index contributed by atoms with van der Waals surface area (Å²) in [6, 6.07) is 5.88. The van der Waals surface area contributed by atoms with Gasteiger partial charge < -0.3 is 10.6 Å². The molecule has 0 spiro atoms. The SMILES string of the molecule is Cc1ccc(CNC2CC(C)(C)NC(C)(C)C2)cc1[N+](=O)[O-]. The standard InChI is InChI=1S/C17H27N3O2/c1-12-6-7-13(8-15(12)20(21)22)11-18-14-9-16(2,3)19-17(4,5)10-14/h6-8,14,18-19H,9-11H2,1-5H3. The predicted molar refractivity (Wildman–Crippen MR) is 89.0 cm³/mol. The zero-order valence-corrected chi connectivity index (χ0v) is 14.2. The summed E-state index contributed by atoms with van der Waals surface area (Å²) in [5.41, 5.74) is 2.06. The molecule has 0 radical (unpaired) electrons. The topological polar surface area (TPSA) is 67.2 Å². The number of hydrogen-bond donors (Lipinski definition) is 2. The number of nitro benzene ring substituents is 1. The van der Waals surface area contributed by atoms with Gasteiger partial charge in [0.2, 0.25) is 0 Å². The molecule has 1 aliphatic rings. The van der Waals surface area contributed by atoms with E-state index in [9.17, 15) is 10.1 Å². The van der Waals surface area contributed by atoms with Crippen molar-refractivity contribution in [1.29, 1.82) is 0 Å². The largest absolute Gasteiger partial charge is 0.310 e. The lowest BCUT2D eigenvalue weighted by Gasteiger charge is -2.46. The fourth-order valence-corrected chi connectivity index (χ4v) is 3.69. The van der Waals surface area contributed by atoms with E-state index < -0.39 is 0 Å². The van der Waals surface area contributed by atoms with Crippen molar-refractivity contribution >= 4 is 5.69 Å². The van der Waals surface area contributed by atoms with Crippen molar-refractivity contribution in [3.8, 4) is 0 Å². The van der Waals surface area contributed by atoms with Crippen LogP contribution in [0.2, 0.25) is 0 Å². The van der Waals surface area contributed by atoms with Crippen LogP contribution in [-0.4, -0.2) is 22.0 Å².